The molecule has 106 valence electrons. The number of alkyl halides is 3. The van der Waals surface area contributed by atoms with E-state index < -0.39 is 23.8 Å². The minimum Gasteiger partial charge on any atom is -0.368 e. The number of nitrogens with two attached hydrogens (primary N) is 1. The molecule has 4 nitrogen and oxygen atoms in total. The molecule has 1 atom stereocenters. The summed E-state index contributed by atoms with van der Waals surface area (Å²) in [5, 5.41) is 0. The van der Waals surface area contributed by atoms with Crippen molar-refractivity contribution in [3.05, 3.63) is 18.2 Å². The van der Waals surface area contributed by atoms with Crippen molar-refractivity contribution in [2.75, 3.05) is 0 Å². The lowest BCUT2D eigenvalue weighted by Crippen LogP contribution is -2.27. The Balaban J connectivity index is 2.14. The van der Waals surface area contributed by atoms with Crippen LogP contribution in [-0.2, 0) is 11.0 Å². The number of nitrogens with zero attached hydrogens (tertiary/aromatic N) is 2. The molecule has 0 unspecified atom stereocenters. The molecule has 1 amide bonds. The first kappa shape index (κ1) is 13.9. The molecule has 1 aliphatic rings. The Morgan fingerprint density at radius 1 is 1.47 bits per heavy atom. The van der Waals surface area contributed by atoms with E-state index in [4.69, 9.17) is 5.73 Å². The fourth-order valence-electron chi connectivity index (χ4n) is 2.60. The maximum absolute atomic E-state index is 12.5. The number of aromatic nitrogens is 2. The number of carbonyl (C=O) groups is 1. The second-order valence-corrected chi connectivity index (χ2v) is 5.01. The van der Waals surface area contributed by atoms with E-state index in [1.807, 2.05) is 0 Å². The van der Waals surface area contributed by atoms with Crippen LogP contribution in [0.5, 0.6) is 0 Å². The summed E-state index contributed by atoms with van der Waals surface area (Å²) >= 11 is 0. The van der Waals surface area contributed by atoms with Gasteiger partial charge in [0.25, 0.3) is 0 Å². The Morgan fingerprint density at radius 3 is 2.58 bits per heavy atom. The highest BCUT2D eigenvalue weighted by Crippen LogP contribution is 2.33. The minimum absolute atomic E-state index is 0.356. The number of imidazole rings is 1. The third kappa shape index (κ3) is 3.27. The van der Waals surface area contributed by atoms with Gasteiger partial charge in [-0.15, -0.1) is 0 Å². The van der Waals surface area contributed by atoms with Gasteiger partial charge in [0.2, 0.25) is 5.91 Å². The van der Waals surface area contributed by atoms with Gasteiger partial charge in [-0.3, -0.25) is 4.79 Å². The van der Waals surface area contributed by atoms with Crippen LogP contribution in [0.3, 0.4) is 0 Å². The molecule has 0 saturated heterocycles. The highest BCUT2D eigenvalue weighted by Gasteiger charge is 2.35. The maximum Gasteiger partial charge on any atom is 0.434 e. The lowest BCUT2D eigenvalue weighted by Gasteiger charge is -2.18. The molecule has 0 aliphatic heterocycles. The van der Waals surface area contributed by atoms with E-state index in [2.05, 4.69) is 4.98 Å². The molecular formula is C12H16F3N3O. The Morgan fingerprint density at radius 2 is 2.11 bits per heavy atom. The van der Waals surface area contributed by atoms with Crippen molar-refractivity contribution in [3.63, 3.8) is 0 Å². The van der Waals surface area contributed by atoms with Crippen LogP contribution < -0.4 is 5.73 Å². The zero-order chi connectivity index (χ0) is 14.0. The van der Waals surface area contributed by atoms with Gasteiger partial charge in [0, 0.05) is 6.20 Å². The number of rotatable bonds is 4. The van der Waals surface area contributed by atoms with Crippen molar-refractivity contribution in [2.24, 2.45) is 11.7 Å². The molecule has 2 N–H and O–H groups in total. The fourth-order valence-corrected chi connectivity index (χ4v) is 2.60. The Hall–Kier alpha value is -1.53. The summed E-state index contributed by atoms with van der Waals surface area (Å²) in [6, 6.07) is -0.744. The van der Waals surface area contributed by atoms with E-state index in [0.717, 1.165) is 38.2 Å². The molecule has 0 spiro atoms. The quantitative estimate of drug-likeness (QED) is 0.917. The normalized spacial score (nSPS) is 18.7. The molecular weight excluding hydrogens is 259 g/mol. The minimum atomic E-state index is -4.50. The predicted octanol–water partition coefficient (Wildman–Crippen LogP) is 2.51. The molecule has 19 heavy (non-hydrogen) atoms. The van der Waals surface area contributed by atoms with Gasteiger partial charge < -0.3 is 10.3 Å². The maximum atomic E-state index is 12.5. The molecule has 1 saturated carbocycles. The van der Waals surface area contributed by atoms with E-state index >= 15 is 0 Å². The van der Waals surface area contributed by atoms with Crippen LogP contribution in [0, 0.1) is 5.92 Å². The van der Waals surface area contributed by atoms with Gasteiger partial charge in [-0.25, -0.2) is 4.98 Å². The molecule has 7 heteroatoms. The van der Waals surface area contributed by atoms with Crippen molar-refractivity contribution in [2.45, 2.75) is 44.3 Å². The van der Waals surface area contributed by atoms with Crippen LogP contribution in [0.15, 0.2) is 12.5 Å². The van der Waals surface area contributed by atoms with Crippen LogP contribution in [0.1, 0.15) is 43.8 Å². The number of hydrogen-bond acceptors (Lipinski definition) is 2. The van der Waals surface area contributed by atoms with E-state index in [-0.39, 0.29) is 0 Å². The molecule has 0 radical (unpaired) electrons. The SMILES string of the molecule is NC(=O)[C@H](CC1CCCC1)n1cnc(C(F)(F)F)c1. The van der Waals surface area contributed by atoms with Gasteiger partial charge in [0.1, 0.15) is 6.04 Å². The van der Waals surface area contributed by atoms with Gasteiger partial charge >= 0.3 is 6.18 Å². The third-order valence-corrected chi connectivity index (χ3v) is 3.61. The summed E-state index contributed by atoms with van der Waals surface area (Å²) < 4.78 is 38.6. The summed E-state index contributed by atoms with van der Waals surface area (Å²) in [7, 11) is 0. The summed E-state index contributed by atoms with van der Waals surface area (Å²) in [5.74, 6) is -0.257. The number of halogens is 3. The molecule has 1 fully saturated rings. The van der Waals surface area contributed by atoms with Crippen molar-refractivity contribution in [1.82, 2.24) is 9.55 Å². The first-order valence-corrected chi connectivity index (χ1v) is 6.28. The van der Waals surface area contributed by atoms with Gasteiger partial charge in [-0.2, -0.15) is 13.2 Å². The lowest BCUT2D eigenvalue weighted by atomic mass is 9.98. The largest absolute Gasteiger partial charge is 0.434 e. The second kappa shape index (κ2) is 5.22. The Kier molecular flexibility index (Phi) is 3.82. The number of carbonyl (C=O) groups excluding carboxylic acids is 1. The Labute approximate surface area is 108 Å². The summed E-state index contributed by atoms with van der Waals surface area (Å²) in [6.07, 6.45) is 2.10. The summed E-state index contributed by atoms with van der Waals surface area (Å²) in [4.78, 5) is 14.7. The van der Waals surface area contributed by atoms with E-state index in [1.54, 1.807) is 0 Å². The van der Waals surface area contributed by atoms with Gasteiger partial charge in [-0.05, 0) is 12.3 Å². The Bertz CT molecular complexity index is 449. The summed E-state index contributed by atoms with van der Waals surface area (Å²) in [5.41, 5.74) is 4.30. The molecule has 1 aromatic heterocycles. The van der Waals surface area contributed by atoms with Crippen molar-refractivity contribution in [1.29, 1.82) is 0 Å². The van der Waals surface area contributed by atoms with E-state index in [9.17, 15) is 18.0 Å². The summed E-state index contributed by atoms with van der Waals surface area (Å²) in [6.45, 7) is 0. The van der Waals surface area contributed by atoms with Gasteiger partial charge in [0.05, 0.1) is 6.33 Å². The van der Waals surface area contributed by atoms with Crippen LogP contribution in [0.4, 0.5) is 13.2 Å². The number of amides is 1. The van der Waals surface area contributed by atoms with Crippen LogP contribution in [0.25, 0.3) is 0 Å². The molecule has 0 bridgehead atoms. The third-order valence-electron chi connectivity index (χ3n) is 3.61. The highest BCUT2D eigenvalue weighted by molar-refractivity contribution is 5.78. The molecule has 0 aromatic carbocycles. The second-order valence-electron chi connectivity index (χ2n) is 5.01. The molecule has 2 rings (SSSR count). The standard InChI is InChI=1S/C12H16F3N3O/c13-12(14,15)10-6-18(7-17-10)9(11(16)19)5-8-3-1-2-4-8/h6-9H,1-5H2,(H2,16,19)/t9-/m0/s1. The first-order chi connectivity index (χ1) is 8.88. The number of hydrogen-bond donors (Lipinski definition) is 1. The smallest absolute Gasteiger partial charge is 0.368 e. The van der Waals surface area contributed by atoms with E-state index in [1.165, 1.54) is 4.57 Å². The topological polar surface area (TPSA) is 60.9 Å². The van der Waals surface area contributed by atoms with Gasteiger partial charge in [0.15, 0.2) is 5.69 Å². The highest BCUT2D eigenvalue weighted by atomic mass is 19.4. The number of primary amides is 1. The van der Waals surface area contributed by atoms with Crippen LogP contribution in [0.2, 0.25) is 0 Å². The zero-order valence-electron chi connectivity index (χ0n) is 10.4. The zero-order valence-corrected chi connectivity index (χ0v) is 10.4. The van der Waals surface area contributed by atoms with Crippen LogP contribution >= 0.6 is 0 Å². The van der Waals surface area contributed by atoms with E-state index in [0.29, 0.717) is 12.3 Å². The molecule has 1 aliphatic carbocycles. The average molecular weight is 275 g/mol. The first-order valence-electron chi connectivity index (χ1n) is 6.28. The van der Waals surface area contributed by atoms with Crippen LogP contribution in [-0.4, -0.2) is 15.5 Å². The lowest BCUT2D eigenvalue weighted by molar-refractivity contribution is -0.141. The fraction of sp³-hybridized carbons (Fsp3) is 0.667. The average Bonchev–Trinajstić information content (AvgIpc) is 2.95. The molecule has 1 heterocycles. The monoisotopic (exact) mass is 275 g/mol. The van der Waals surface area contributed by atoms with Crippen molar-refractivity contribution >= 4 is 5.91 Å². The van der Waals surface area contributed by atoms with Gasteiger partial charge in [-0.1, -0.05) is 25.7 Å². The van der Waals surface area contributed by atoms with Crippen molar-refractivity contribution in [3.8, 4) is 0 Å². The van der Waals surface area contributed by atoms with Crippen molar-refractivity contribution < 1.29 is 18.0 Å². The molecule has 1 aromatic rings. The predicted molar refractivity (Wildman–Crippen MR) is 62.0 cm³/mol.